The van der Waals surface area contributed by atoms with Gasteiger partial charge in [-0.1, -0.05) is 23.7 Å². The molecular formula is C21H27ClFN5. The molecule has 150 valence electrons. The minimum absolute atomic E-state index is 0.238. The molecule has 0 atom stereocenters. The van der Waals surface area contributed by atoms with Crippen LogP contribution in [-0.2, 0) is 13.0 Å². The van der Waals surface area contributed by atoms with Crippen LogP contribution in [0.5, 0.6) is 0 Å². The molecule has 1 saturated heterocycles. The van der Waals surface area contributed by atoms with Crippen LogP contribution in [0.3, 0.4) is 0 Å². The van der Waals surface area contributed by atoms with E-state index in [1.807, 2.05) is 19.2 Å². The van der Waals surface area contributed by atoms with Gasteiger partial charge in [0, 0.05) is 68.8 Å². The Hall–Kier alpha value is -2.18. The minimum atomic E-state index is -0.238. The highest BCUT2D eigenvalue weighted by molar-refractivity contribution is 6.31. The molecule has 0 amide bonds. The summed E-state index contributed by atoms with van der Waals surface area (Å²) in [7, 11) is 1.81. The molecular weight excluding hydrogens is 377 g/mol. The van der Waals surface area contributed by atoms with Gasteiger partial charge in [-0.15, -0.1) is 0 Å². The van der Waals surface area contributed by atoms with Crippen molar-refractivity contribution in [2.45, 2.75) is 19.9 Å². The number of guanidine groups is 1. The average molecular weight is 404 g/mol. The second-order valence-electron chi connectivity index (χ2n) is 7.00. The Kier molecular flexibility index (Phi) is 7.23. The number of pyridine rings is 1. The van der Waals surface area contributed by atoms with Crippen LogP contribution >= 0.6 is 11.6 Å². The predicted molar refractivity (Wildman–Crippen MR) is 112 cm³/mol. The molecule has 1 aliphatic heterocycles. The van der Waals surface area contributed by atoms with E-state index in [2.05, 4.69) is 31.2 Å². The Bertz CT molecular complexity index is 781. The van der Waals surface area contributed by atoms with Gasteiger partial charge >= 0.3 is 0 Å². The first-order chi connectivity index (χ1) is 13.6. The molecule has 0 aliphatic carbocycles. The van der Waals surface area contributed by atoms with E-state index in [0.29, 0.717) is 17.1 Å². The third kappa shape index (κ3) is 5.42. The highest BCUT2D eigenvalue weighted by Gasteiger charge is 2.21. The van der Waals surface area contributed by atoms with Gasteiger partial charge in [0.25, 0.3) is 0 Å². The van der Waals surface area contributed by atoms with E-state index in [0.717, 1.165) is 50.8 Å². The van der Waals surface area contributed by atoms with E-state index >= 15 is 0 Å². The summed E-state index contributed by atoms with van der Waals surface area (Å²) in [6.45, 7) is 6.70. The van der Waals surface area contributed by atoms with Gasteiger partial charge in [-0.2, -0.15) is 0 Å². The first-order valence-electron chi connectivity index (χ1n) is 9.59. The van der Waals surface area contributed by atoms with Crippen LogP contribution in [0.15, 0.2) is 41.5 Å². The molecule has 1 N–H and O–H groups in total. The third-order valence-electron chi connectivity index (χ3n) is 5.00. The lowest BCUT2D eigenvalue weighted by atomic mass is 10.2. The zero-order valence-electron chi connectivity index (χ0n) is 16.5. The highest BCUT2D eigenvalue weighted by Crippen LogP contribution is 2.21. The van der Waals surface area contributed by atoms with Crippen LogP contribution in [0.1, 0.15) is 16.8 Å². The maximum atomic E-state index is 14.0. The molecule has 0 unspecified atom stereocenters. The molecule has 2 heterocycles. The summed E-state index contributed by atoms with van der Waals surface area (Å²) in [6.07, 6.45) is 2.82. The number of rotatable bonds is 5. The van der Waals surface area contributed by atoms with Crippen molar-refractivity contribution in [3.05, 3.63) is 64.2 Å². The maximum absolute atomic E-state index is 14.0. The first-order valence-corrected chi connectivity index (χ1v) is 9.97. The van der Waals surface area contributed by atoms with E-state index in [1.165, 1.54) is 11.6 Å². The van der Waals surface area contributed by atoms with E-state index in [1.54, 1.807) is 19.2 Å². The molecule has 1 aromatic heterocycles. The van der Waals surface area contributed by atoms with Crippen LogP contribution in [-0.4, -0.2) is 60.5 Å². The molecule has 0 spiro atoms. The predicted octanol–water partition coefficient (Wildman–Crippen LogP) is 3.12. The molecule has 3 rings (SSSR count). The van der Waals surface area contributed by atoms with Crippen LogP contribution in [0.2, 0.25) is 5.02 Å². The molecule has 1 aromatic carbocycles. The van der Waals surface area contributed by atoms with E-state index < -0.39 is 0 Å². The van der Waals surface area contributed by atoms with Crippen molar-refractivity contribution < 1.29 is 4.39 Å². The monoisotopic (exact) mass is 403 g/mol. The number of nitrogens with zero attached hydrogens (tertiary/aromatic N) is 4. The number of aliphatic imine (C=N–C) groups is 1. The fourth-order valence-electron chi connectivity index (χ4n) is 3.32. The number of aryl methyl sites for hydroxylation is 1. The largest absolute Gasteiger partial charge is 0.356 e. The number of nitrogens with one attached hydrogen (secondary N) is 1. The lowest BCUT2D eigenvalue weighted by Gasteiger charge is -2.36. The zero-order valence-corrected chi connectivity index (χ0v) is 17.2. The minimum Gasteiger partial charge on any atom is -0.356 e. The van der Waals surface area contributed by atoms with E-state index in [-0.39, 0.29) is 5.82 Å². The molecule has 0 bridgehead atoms. The van der Waals surface area contributed by atoms with Crippen LogP contribution < -0.4 is 5.32 Å². The number of aromatic nitrogens is 1. The molecule has 7 heteroatoms. The molecule has 28 heavy (non-hydrogen) atoms. The van der Waals surface area contributed by atoms with Gasteiger partial charge in [0.1, 0.15) is 5.82 Å². The van der Waals surface area contributed by atoms with Crippen molar-refractivity contribution in [2.75, 3.05) is 39.8 Å². The fourth-order valence-corrected chi connectivity index (χ4v) is 3.54. The second kappa shape index (κ2) is 9.85. The fraction of sp³-hybridized carbons (Fsp3) is 0.429. The smallest absolute Gasteiger partial charge is 0.193 e. The van der Waals surface area contributed by atoms with E-state index in [9.17, 15) is 4.39 Å². The number of hydrogen-bond donors (Lipinski definition) is 1. The van der Waals surface area contributed by atoms with Crippen molar-refractivity contribution >= 4 is 17.6 Å². The molecule has 2 aromatic rings. The third-order valence-corrected chi connectivity index (χ3v) is 5.35. The maximum Gasteiger partial charge on any atom is 0.193 e. The molecule has 0 saturated carbocycles. The van der Waals surface area contributed by atoms with Crippen LogP contribution in [0.4, 0.5) is 4.39 Å². The first kappa shape index (κ1) is 20.6. The summed E-state index contributed by atoms with van der Waals surface area (Å²) >= 11 is 6.16. The summed E-state index contributed by atoms with van der Waals surface area (Å²) in [4.78, 5) is 13.2. The summed E-state index contributed by atoms with van der Waals surface area (Å²) in [6, 6.07) is 8.99. The SMILES string of the molecule is CN=C(NCCc1ccc(C)nc1)N1CCN(Cc2c(F)cccc2Cl)CC1. The average Bonchev–Trinajstić information content (AvgIpc) is 2.70. The van der Waals surface area contributed by atoms with Crippen molar-refractivity contribution in [2.24, 2.45) is 4.99 Å². The topological polar surface area (TPSA) is 43.8 Å². The van der Waals surface area contributed by atoms with Gasteiger partial charge in [-0.05, 0) is 37.1 Å². The highest BCUT2D eigenvalue weighted by atomic mass is 35.5. The Morgan fingerprint density at radius 2 is 2.00 bits per heavy atom. The summed E-state index contributed by atoms with van der Waals surface area (Å²) < 4.78 is 14.0. The Morgan fingerprint density at radius 1 is 1.21 bits per heavy atom. The van der Waals surface area contributed by atoms with Gasteiger partial charge in [0.05, 0.1) is 0 Å². The van der Waals surface area contributed by atoms with Crippen molar-refractivity contribution in [1.29, 1.82) is 0 Å². The quantitative estimate of drug-likeness (QED) is 0.615. The Morgan fingerprint density at radius 3 is 2.64 bits per heavy atom. The lowest BCUT2D eigenvalue weighted by molar-refractivity contribution is 0.171. The Balaban J connectivity index is 1.46. The number of halogens is 2. The van der Waals surface area contributed by atoms with Gasteiger partial charge < -0.3 is 10.2 Å². The number of benzene rings is 1. The molecule has 0 radical (unpaired) electrons. The molecule has 1 fully saturated rings. The van der Waals surface area contributed by atoms with Crippen molar-refractivity contribution in [1.82, 2.24) is 20.1 Å². The summed E-state index contributed by atoms with van der Waals surface area (Å²) in [5.41, 5.74) is 2.81. The lowest BCUT2D eigenvalue weighted by Crippen LogP contribution is -2.52. The van der Waals surface area contributed by atoms with Gasteiger partial charge in [-0.25, -0.2) is 4.39 Å². The van der Waals surface area contributed by atoms with Gasteiger partial charge in [0.15, 0.2) is 5.96 Å². The van der Waals surface area contributed by atoms with Crippen molar-refractivity contribution in [3.63, 3.8) is 0 Å². The Labute approximate surface area is 171 Å². The van der Waals surface area contributed by atoms with Crippen LogP contribution in [0.25, 0.3) is 0 Å². The number of hydrogen-bond acceptors (Lipinski definition) is 3. The van der Waals surface area contributed by atoms with Crippen molar-refractivity contribution in [3.8, 4) is 0 Å². The van der Waals surface area contributed by atoms with Gasteiger partial charge in [-0.3, -0.25) is 14.9 Å². The molecule has 5 nitrogen and oxygen atoms in total. The summed E-state index contributed by atoms with van der Waals surface area (Å²) in [5.74, 6) is 0.668. The normalized spacial score (nSPS) is 15.7. The van der Waals surface area contributed by atoms with Gasteiger partial charge in [0.2, 0.25) is 0 Å². The van der Waals surface area contributed by atoms with Crippen LogP contribution in [0, 0.1) is 12.7 Å². The molecule has 1 aliphatic rings. The summed E-state index contributed by atoms with van der Waals surface area (Å²) in [5, 5.41) is 3.92. The zero-order chi connectivity index (χ0) is 19.9. The van der Waals surface area contributed by atoms with E-state index in [4.69, 9.17) is 11.6 Å². The second-order valence-corrected chi connectivity index (χ2v) is 7.40. The number of piperazine rings is 1. The standard InChI is InChI=1S/C21H27ClFN5/c1-16-6-7-17(14-26-16)8-9-25-21(24-2)28-12-10-27(11-13-28)15-18-19(22)4-3-5-20(18)23/h3-7,14H,8-13,15H2,1-2H3,(H,24,25).